The first-order valence-corrected chi connectivity index (χ1v) is 2.36. The summed E-state index contributed by atoms with van der Waals surface area (Å²) in [7, 11) is 0. The number of hydrogen-bond donors (Lipinski definition) is 4. The van der Waals surface area contributed by atoms with E-state index in [0.29, 0.717) is 0 Å². The zero-order valence-electron chi connectivity index (χ0n) is 6.11. The standard InChI is InChI=1S/C3H4O2.CH4N2O.CHNO/c1-2-3(4)5;2-1(3)4;2-1-3/h2H,1H2,(H,4,5);(H4,2,3,4);2H. The third kappa shape index (κ3) is 18900. The molecule has 0 unspecified atom stereocenters. The van der Waals surface area contributed by atoms with Crippen LogP contribution in [0, 0.1) is 5.41 Å². The minimum Gasteiger partial charge on any atom is -0.478 e. The first-order chi connectivity index (χ1) is 5.42. The molecule has 0 aromatic rings. The number of urea groups is 1. The molecule has 0 atom stereocenters. The van der Waals surface area contributed by atoms with Gasteiger partial charge >= 0.3 is 12.0 Å². The Morgan fingerprint density at radius 2 is 1.58 bits per heavy atom. The number of rotatable bonds is 1. The molecule has 0 saturated heterocycles. The van der Waals surface area contributed by atoms with Crippen LogP contribution in [-0.2, 0) is 9.59 Å². The molecule has 7 nitrogen and oxygen atoms in total. The van der Waals surface area contributed by atoms with Crippen molar-refractivity contribution in [1.29, 1.82) is 5.41 Å². The summed E-state index contributed by atoms with van der Waals surface area (Å²) in [5, 5.41) is 13.0. The number of hydrogen-bond acceptors (Lipinski definition) is 4. The highest BCUT2D eigenvalue weighted by Crippen LogP contribution is 1.54. The molecule has 2 amide bonds. The van der Waals surface area contributed by atoms with Gasteiger partial charge in [0.25, 0.3) is 0 Å². The van der Waals surface area contributed by atoms with Crippen LogP contribution < -0.4 is 11.5 Å². The number of nitrogens with two attached hydrogens (primary N) is 2. The maximum atomic E-state index is 9.25. The lowest BCUT2D eigenvalue weighted by molar-refractivity contribution is -0.131. The number of carboxylic acids is 1. The van der Waals surface area contributed by atoms with Gasteiger partial charge in [0.05, 0.1) is 0 Å². The van der Waals surface area contributed by atoms with Gasteiger partial charge in [-0.05, 0) is 0 Å². The van der Waals surface area contributed by atoms with Gasteiger partial charge in [0.1, 0.15) is 0 Å². The molecule has 6 N–H and O–H groups in total. The summed E-state index contributed by atoms with van der Waals surface area (Å²) in [5.74, 6) is -0.981. The number of carboxylic acid groups (broad SMARTS) is 1. The molecular weight excluding hydrogens is 166 g/mol. The van der Waals surface area contributed by atoms with E-state index in [9.17, 15) is 4.79 Å². The minimum atomic E-state index is -0.981. The second-order valence-electron chi connectivity index (χ2n) is 1.05. The lowest BCUT2D eigenvalue weighted by atomic mass is 10.7. The largest absolute Gasteiger partial charge is 0.478 e. The number of carbonyl (C=O) groups is 2. The van der Waals surface area contributed by atoms with E-state index in [0.717, 1.165) is 12.2 Å². The van der Waals surface area contributed by atoms with Crippen molar-refractivity contribution in [1.82, 2.24) is 0 Å². The van der Waals surface area contributed by atoms with Gasteiger partial charge in [-0.15, -0.1) is 0 Å². The van der Waals surface area contributed by atoms with Gasteiger partial charge < -0.3 is 16.6 Å². The van der Waals surface area contributed by atoms with Crippen LogP contribution in [0.1, 0.15) is 0 Å². The first-order valence-electron chi connectivity index (χ1n) is 2.36. The average molecular weight is 175 g/mol. The number of nitrogens with one attached hydrogen (secondary N) is 1. The summed E-state index contributed by atoms with van der Waals surface area (Å²) in [6, 6.07) is -0.833. The molecule has 0 aliphatic carbocycles. The van der Waals surface area contributed by atoms with Crippen LogP contribution in [0.2, 0.25) is 0 Å². The van der Waals surface area contributed by atoms with Gasteiger partial charge in [-0.3, -0.25) is 0 Å². The molecule has 0 aromatic heterocycles. The van der Waals surface area contributed by atoms with E-state index in [4.69, 9.17) is 20.1 Å². The Morgan fingerprint density at radius 1 is 1.50 bits per heavy atom. The Balaban J connectivity index is -0.000000105. The molecule has 0 bridgehead atoms. The molecule has 0 spiro atoms. The fraction of sp³-hybridized carbons (Fsp3) is 0. The Labute approximate surface area is 68.2 Å². The van der Waals surface area contributed by atoms with Gasteiger partial charge in [-0.1, -0.05) is 6.58 Å². The van der Waals surface area contributed by atoms with Gasteiger partial charge in [0.15, 0.2) is 0 Å². The molecule has 0 heterocycles. The molecule has 0 aromatic carbocycles. The van der Waals surface area contributed by atoms with E-state index < -0.39 is 12.0 Å². The molecule has 7 heteroatoms. The van der Waals surface area contributed by atoms with Gasteiger partial charge in [0.2, 0.25) is 6.08 Å². The Kier molecular flexibility index (Phi) is 21.8. The smallest absolute Gasteiger partial charge is 0.327 e. The Morgan fingerprint density at radius 3 is 1.58 bits per heavy atom. The van der Waals surface area contributed by atoms with E-state index in [1.54, 1.807) is 0 Å². The van der Waals surface area contributed by atoms with Crippen LogP contribution in [0.15, 0.2) is 12.7 Å². The van der Waals surface area contributed by atoms with Crippen LogP contribution in [0.4, 0.5) is 4.79 Å². The molecule has 0 aliphatic heterocycles. The van der Waals surface area contributed by atoms with Gasteiger partial charge in [0, 0.05) is 6.08 Å². The zero-order valence-corrected chi connectivity index (χ0v) is 6.11. The average Bonchev–Trinajstić information content (AvgIpc) is 1.88. The molecule has 68 valence electrons. The minimum absolute atomic E-state index is 0.750. The monoisotopic (exact) mass is 175 g/mol. The zero-order chi connectivity index (χ0) is 10.6. The topological polar surface area (TPSA) is 147 Å². The molecule has 12 heavy (non-hydrogen) atoms. The van der Waals surface area contributed by atoms with E-state index in [1.807, 2.05) is 0 Å². The van der Waals surface area contributed by atoms with Crippen molar-refractivity contribution in [3.8, 4) is 0 Å². The normalized spacial score (nSPS) is 5.33. The Bertz CT molecular complexity index is 179. The van der Waals surface area contributed by atoms with Gasteiger partial charge in [-0.2, -0.15) is 0 Å². The van der Waals surface area contributed by atoms with Crippen molar-refractivity contribution in [2.75, 3.05) is 0 Å². The molecule has 0 rings (SSSR count). The summed E-state index contributed by atoms with van der Waals surface area (Å²) in [5.41, 5.74) is 8.50. The third-order valence-electron chi connectivity index (χ3n) is 0.175. The van der Waals surface area contributed by atoms with E-state index >= 15 is 0 Å². The van der Waals surface area contributed by atoms with Crippen LogP contribution in [0.5, 0.6) is 0 Å². The first kappa shape index (κ1) is 16.4. The summed E-state index contributed by atoms with van der Waals surface area (Å²) in [6.07, 6.45) is 1.58. The number of primary amides is 2. The van der Waals surface area contributed by atoms with Crippen LogP contribution in [0.3, 0.4) is 0 Å². The molecule has 0 saturated carbocycles. The van der Waals surface area contributed by atoms with Crippen LogP contribution >= 0.6 is 0 Å². The van der Waals surface area contributed by atoms with E-state index in [1.165, 1.54) is 0 Å². The molecule has 0 radical (unpaired) electrons. The van der Waals surface area contributed by atoms with Crippen molar-refractivity contribution in [2.45, 2.75) is 0 Å². The Hall–Kier alpha value is -2.14. The van der Waals surface area contributed by atoms with E-state index in [2.05, 4.69) is 18.0 Å². The van der Waals surface area contributed by atoms with Crippen molar-refractivity contribution in [3.63, 3.8) is 0 Å². The predicted molar refractivity (Wildman–Crippen MR) is 40.0 cm³/mol. The van der Waals surface area contributed by atoms with E-state index in [-0.39, 0.29) is 0 Å². The van der Waals surface area contributed by atoms with Crippen molar-refractivity contribution < 1.29 is 19.5 Å². The maximum absolute atomic E-state index is 9.25. The number of carbonyl (C=O) groups excluding carboxylic acids is 2. The van der Waals surface area contributed by atoms with Crippen LogP contribution in [-0.4, -0.2) is 23.2 Å². The van der Waals surface area contributed by atoms with Crippen molar-refractivity contribution in [3.05, 3.63) is 12.7 Å². The van der Waals surface area contributed by atoms with Crippen molar-refractivity contribution >= 4 is 18.1 Å². The van der Waals surface area contributed by atoms with Gasteiger partial charge in [-0.25, -0.2) is 19.8 Å². The quantitative estimate of drug-likeness (QED) is 0.234. The highest BCUT2D eigenvalue weighted by atomic mass is 16.4. The fourth-order valence-corrected chi connectivity index (χ4v) is 0. The SMILES string of the molecule is C=CC(=O)O.N=C=O.NC(N)=O. The summed E-state index contributed by atoms with van der Waals surface area (Å²) < 4.78 is 0. The molecular formula is C5H9N3O4. The van der Waals surface area contributed by atoms with Crippen molar-refractivity contribution in [2.24, 2.45) is 11.5 Å². The number of aliphatic carboxylic acids is 1. The number of amides is 2. The maximum Gasteiger partial charge on any atom is 0.327 e. The molecule has 0 aliphatic rings. The fourth-order valence-electron chi connectivity index (χ4n) is 0. The highest BCUT2D eigenvalue weighted by molar-refractivity contribution is 5.78. The summed E-state index contributed by atoms with van der Waals surface area (Å²) in [6.45, 7) is 2.96. The second-order valence-corrected chi connectivity index (χ2v) is 1.05. The third-order valence-corrected chi connectivity index (χ3v) is 0.175. The molecule has 0 fully saturated rings. The van der Waals surface area contributed by atoms with Crippen LogP contribution in [0.25, 0.3) is 0 Å². The summed E-state index contributed by atoms with van der Waals surface area (Å²) >= 11 is 0. The lowest BCUT2D eigenvalue weighted by Crippen LogP contribution is -2.18. The summed E-state index contributed by atoms with van der Waals surface area (Å²) in [4.78, 5) is 26.6. The lowest BCUT2D eigenvalue weighted by Gasteiger charge is -1.64. The second kappa shape index (κ2) is 15.9. The predicted octanol–water partition coefficient (Wildman–Crippen LogP) is -0.818. The number of isocyanates is 1. The highest BCUT2D eigenvalue weighted by Gasteiger charge is 1.73.